The van der Waals surface area contributed by atoms with Crippen LogP contribution in [0.1, 0.15) is 11.1 Å². The summed E-state index contributed by atoms with van der Waals surface area (Å²) in [6, 6.07) is 16.6. The van der Waals surface area contributed by atoms with E-state index in [0.717, 1.165) is 11.1 Å². The second kappa shape index (κ2) is 6.66. The standard InChI is InChI=1S/C17H15NO3S/c19-17(20)14-11-22-16(18-14)13-8-4-5-9-15(13)21-10-12-6-2-1-3-7-12/h1-9,14H,10-11H2,(H,19,20)/p-1. The largest absolute Gasteiger partial charge is 0.548 e. The van der Waals surface area contributed by atoms with Gasteiger partial charge in [-0.2, -0.15) is 0 Å². The van der Waals surface area contributed by atoms with E-state index in [2.05, 4.69) is 4.99 Å². The van der Waals surface area contributed by atoms with Crippen molar-refractivity contribution >= 4 is 22.8 Å². The van der Waals surface area contributed by atoms with E-state index in [-0.39, 0.29) is 0 Å². The number of benzene rings is 2. The lowest BCUT2D eigenvalue weighted by Gasteiger charge is -2.11. The van der Waals surface area contributed by atoms with E-state index < -0.39 is 12.0 Å². The lowest BCUT2D eigenvalue weighted by atomic mass is 10.2. The van der Waals surface area contributed by atoms with E-state index in [1.165, 1.54) is 11.8 Å². The van der Waals surface area contributed by atoms with Gasteiger partial charge in [0.15, 0.2) is 0 Å². The van der Waals surface area contributed by atoms with Crippen LogP contribution in [0, 0.1) is 0 Å². The van der Waals surface area contributed by atoms with Crippen molar-refractivity contribution in [1.29, 1.82) is 0 Å². The summed E-state index contributed by atoms with van der Waals surface area (Å²) in [6.45, 7) is 0.458. The first-order valence-corrected chi connectivity index (χ1v) is 7.90. The molecule has 112 valence electrons. The molecule has 1 aliphatic heterocycles. The molecular weight excluding hydrogens is 298 g/mol. The maximum atomic E-state index is 10.9. The third-order valence-electron chi connectivity index (χ3n) is 3.28. The number of carboxylic acids is 1. The van der Waals surface area contributed by atoms with Crippen molar-refractivity contribution in [2.75, 3.05) is 5.75 Å². The first-order chi connectivity index (χ1) is 10.7. The fourth-order valence-corrected chi connectivity index (χ4v) is 3.20. The summed E-state index contributed by atoms with van der Waals surface area (Å²) < 4.78 is 5.87. The van der Waals surface area contributed by atoms with Gasteiger partial charge in [-0.25, -0.2) is 0 Å². The van der Waals surface area contributed by atoms with Gasteiger partial charge in [-0.3, -0.25) is 4.99 Å². The Morgan fingerprint density at radius 3 is 2.64 bits per heavy atom. The maximum Gasteiger partial charge on any atom is 0.129 e. The molecule has 0 fully saturated rings. The van der Waals surface area contributed by atoms with E-state index in [1.54, 1.807) is 0 Å². The Hall–Kier alpha value is -2.27. The summed E-state index contributed by atoms with van der Waals surface area (Å²) in [6.07, 6.45) is 0. The number of para-hydroxylation sites is 1. The van der Waals surface area contributed by atoms with Gasteiger partial charge in [-0.05, 0) is 17.7 Å². The van der Waals surface area contributed by atoms with Crippen LogP contribution in [-0.2, 0) is 11.4 Å². The summed E-state index contributed by atoms with van der Waals surface area (Å²) >= 11 is 1.42. The molecule has 0 aliphatic carbocycles. The second-order valence-electron chi connectivity index (χ2n) is 4.85. The number of rotatable bonds is 5. The van der Waals surface area contributed by atoms with Gasteiger partial charge in [-0.15, -0.1) is 11.8 Å². The third-order valence-corrected chi connectivity index (χ3v) is 4.36. The molecule has 1 unspecified atom stereocenters. The molecule has 0 N–H and O–H groups in total. The summed E-state index contributed by atoms with van der Waals surface area (Å²) in [5, 5.41) is 11.6. The van der Waals surface area contributed by atoms with Crippen molar-refractivity contribution in [3.05, 3.63) is 65.7 Å². The summed E-state index contributed by atoms with van der Waals surface area (Å²) in [4.78, 5) is 15.1. The molecule has 3 rings (SSSR count). The molecule has 1 atom stereocenters. The molecule has 5 heteroatoms. The Labute approximate surface area is 132 Å². The molecule has 1 heterocycles. The lowest BCUT2D eigenvalue weighted by molar-refractivity contribution is -0.306. The molecule has 0 bridgehead atoms. The van der Waals surface area contributed by atoms with Gasteiger partial charge >= 0.3 is 0 Å². The van der Waals surface area contributed by atoms with Gasteiger partial charge < -0.3 is 14.6 Å². The number of carbonyl (C=O) groups is 1. The number of hydrogen-bond acceptors (Lipinski definition) is 5. The number of nitrogens with zero attached hydrogens (tertiary/aromatic N) is 1. The molecule has 0 radical (unpaired) electrons. The zero-order chi connectivity index (χ0) is 15.4. The van der Waals surface area contributed by atoms with E-state index >= 15 is 0 Å². The fraction of sp³-hybridized carbons (Fsp3) is 0.176. The van der Waals surface area contributed by atoms with Gasteiger partial charge in [0, 0.05) is 11.3 Å². The molecular formula is C17H14NO3S-. The van der Waals surface area contributed by atoms with Gasteiger partial charge in [-0.1, -0.05) is 42.5 Å². The SMILES string of the molecule is O=C([O-])C1CSC(c2ccccc2OCc2ccccc2)=N1. The van der Waals surface area contributed by atoms with Crippen LogP contribution in [0.25, 0.3) is 0 Å². The molecule has 2 aromatic carbocycles. The molecule has 0 spiro atoms. The number of aliphatic imine (C=N–C) groups is 1. The monoisotopic (exact) mass is 312 g/mol. The fourth-order valence-electron chi connectivity index (χ4n) is 2.15. The predicted molar refractivity (Wildman–Crippen MR) is 85.0 cm³/mol. The van der Waals surface area contributed by atoms with Crippen LogP contribution in [0.5, 0.6) is 5.75 Å². The Bertz CT molecular complexity index is 700. The summed E-state index contributed by atoms with van der Waals surface area (Å²) in [5.41, 5.74) is 1.90. The highest BCUT2D eigenvalue weighted by Gasteiger charge is 2.22. The lowest BCUT2D eigenvalue weighted by Crippen LogP contribution is -2.34. The number of carbonyl (C=O) groups excluding carboxylic acids is 1. The maximum absolute atomic E-state index is 10.9. The highest BCUT2D eigenvalue weighted by molar-refractivity contribution is 8.14. The number of hydrogen-bond donors (Lipinski definition) is 0. The van der Waals surface area contributed by atoms with Crippen molar-refractivity contribution in [2.45, 2.75) is 12.6 Å². The van der Waals surface area contributed by atoms with E-state index in [4.69, 9.17) is 4.74 Å². The first-order valence-electron chi connectivity index (χ1n) is 6.91. The van der Waals surface area contributed by atoms with Crippen molar-refractivity contribution in [1.82, 2.24) is 0 Å². The van der Waals surface area contributed by atoms with E-state index in [9.17, 15) is 9.90 Å². The zero-order valence-corrected chi connectivity index (χ0v) is 12.6. The Kier molecular flexibility index (Phi) is 4.44. The van der Waals surface area contributed by atoms with Crippen molar-refractivity contribution in [3.8, 4) is 5.75 Å². The smallest absolute Gasteiger partial charge is 0.129 e. The van der Waals surface area contributed by atoms with Crippen LogP contribution >= 0.6 is 11.8 Å². The van der Waals surface area contributed by atoms with Crippen molar-refractivity contribution in [3.63, 3.8) is 0 Å². The first kappa shape index (κ1) is 14.7. The van der Waals surface area contributed by atoms with Gasteiger partial charge in [0.1, 0.15) is 23.4 Å². The Morgan fingerprint density at radius 2 is 1.91 bits per heavy atom. The summed E-state index contributed by atoms with van der Waals surface area (Å²) in [5.74, 6) is -0.0215. The predicted octanol–water partition coefficient (Wildman–Crippen LogP) is 1.88. The highest BCUT2D eigenvalue weighted by atomic mass is 32.2. The number of aliphatic carboxylic acids is 1. The quantitative estimate of drug-likeness (QED) is 0.846. The second-order valence-corrected chi connectivity index (χ2v) is 5.86. The number of ether oxygens (including phenoxy) is 1. The minimum atomic E-state index is -1.13. The van der Waals surface area contributed by atoms with Gasteiger partial charge in [0.05, 0.1) is 5.97 Å². The topological polar surface area (TPSA) is 61.7 Å². The minimum Gasteiger partial charge on any atom is -0.548 e. The average molecular weight is 312 g/mol. The minimum absolute atomic E-state index is 0.407. The molecule has 0 amide bonds. The van der Waals surface area contributed by atoms with Crippen LogP contribution < -0.4 is 9.84 Å². The normalized spacial score (nSPS) is 17.1. The van der Waals surface area contributed by atoms with Crippen LogP contribution in [0.15, 0.2) is 59.6 Å². The van der Waals surface area contributed by atoms with E-state index in [0.29, 0.717) is 23.2 Å². The zero-order valence-electron chi connectivity index (χ0n) is 11.8. The van der Waals surface area contributed by atoms with E-state index in [1.807, 2.05) is 54.6 Å². The molecule has 0 saturated carbocycles. The molecule has 22 heavy (non-hydrogen) atoms. The van der Waals surface area contributed by atoms with Crippen LogP contribution in [-0.4, -0.2) is 22.8 Å². The molecule has 0 saturated heterocycles. The van der Waals surface area contributed by atoms with Crippen LogP contribution in [0.2, 0.25) is 0 Å². The molecule has 2 aromatic rings. The van der Waals surface area contributed by atoms with Crippen LogP contribution in [0.3, 0.4) is 0 Å². The average Bonchev–Trinajstić information content (AvgIpc) is 3.04. The molecule has 4 nitrogen and oxygen atoms in total. The molecule has 1 aliphatic rings. The van der Waals surface area contributed by atoms with Crippen LogP contribution in [0.4, 0.5) is 0 Å². The van der Waals surface area contributed by atoms with Crippen molar-refractivity contribution < 1.29 is 14.6 Å². The number of carboxylic acid groups (broad SMARTS) is 1. The van der Waals surface area contributed by atoms with Crippen molar-refractivity contribution in [2.24, 2.45) is 4.99 Å². The highest BCUT2D eigenvalue weighted by Crippen LogP contribution is 2.29. The third kappa shape index (κ3) is 3.31. The Balaban J connectivity index is 1.79. The van der Waals surface area contributed by atoms with Gasteiger partial charge in [0.25, 0.3) is 0 Å². The molecule has 0 aromatic heterocycles. The van der Waals surface area contributed by atoms with Gasteiger partial charge in [0.2, 0.25) is 0 Å². The number of thioether (sulfide) groups is 1. The summed E-state index contributed by atoms with van der Waals surface area (Å²) in [7, 11) is 0. The Morgan fingerprint density at radius 1 is 1.18 bits per heavy atom.